The van der Waals surface area contributed by atoms with Gasteiger partial charge in [-0.1, -0.05) is 0 Å². The zero-order valence-corrected chi connectivity index (χ0v) is 8.52. The molecular formula is C7H8BrNOS. The molecule has 0 saturated carbocycles. The van der Waals surface area contributed by atoms with Gasteiger partial charge in [-0.15, -0.1) is 0 Å². The van der Waals surface area contributed by atoms with Crippen molar-refractivity contribution >= 4 is 28.6 Å². The van der Waals surface area contributed by atoms with Gasteiger partial charge in [0.15, 0.2) is 0 Å². The van der Waals surface area contributed by atoms with Gasteiger partial charge in [0.1, 0.15) is 0 Å². The summed E-state index contributed by atoms with van der Waals surface area (Å²) in [5, 5.41) is 0. The molecule has 0 bridgehead atoms. The van der Waals surface area contributed by atoms with Gasteiger partial charge >= 0.3 is 0 Å². The first kappa shape index (κ1) is 8.87. The standard InChI is InChI=1S/C7H8BrNOS/c1-10-7-5(4-11)2-6(8)3-9-7/h2-3,11H,4H2,1H3. The van der Waals surface area contributed by atoms with E-state index >= 15 is 0 Å². The van der Waals surface area contributed by atoms with Crippen LogP contribution in [0.4, 0.5) is 0 Å². The zero-order chi connectivity index (χ0) is 8.27. The number of hydrogen-bond acceptors (Lipinski definition) is 3. The average Bonchev–Trinajstić information content (AvgIpc) is 2.04. The predicted molar refractivity (Wildman–Crippen MR) is 51.2 cm³/mol. The molecule has 0 aliphatic carbocycles. The van der Waals surface area contributed by atoms with Crippen LogP contribution in [0.5, 0.6) is 5.88 Å². The largest absolute Gasteiger partial charge is 0.481 e. The Morgan fingerprint density at radius 2 is 2.45 bits per heavy atom. The predicted octanol–water partition coefficient (Wildman–Crippen LogP) is 2.28. The monoisotopic (exact) mass is 233 g/mol. The second-order valence-corrected chi connectivity index (χ2v) is 3.21. The number of nitrogens with zero attached hydrogens (tertiary/aromatic N) is 1. The Labute approximate surface area is 79.5 Å². The number of halogens is 1. The van der Waals surface area contributed by atoms with Gasteiger partial charge in [-0.25, -0.2) is 4.98 Å². The lowest BCUT2D eigenvalue weighted by Gasteiger charge is -2.03. The smallest absolute Gasteiger partial charge is 0.217 e. The van der Waals surface area contributed by atoms with Crippen molar-refractivity contribution in [3.63, 3.8) is 0 Å². The van der Waals surface area contributed by atoms with E-state index in [0.717, 1.165) is 10.0 Å². The molecule has 1 rings (SSSR count). The van der Waals surface area contributed by atoms with E-state index < -0.39 is 0 Å². The molecule has 4 heteroatoms. The van der Waals surface area contributed by atoms with Gasteiger partial charge in [0, 0.05) is 22.0 Å². The van der Waals surface area contributed by atoms with E-state index in [0.29, 0.717) is 11.6 Å². The molecule has 0 N–H and O–H groups in total. The summed E-state index contributed by atoms with van der Waals surface area (Å²) in [6.07, 6.45) is 1.70. The molecule has 1 aromatic heterocycles. The van der Waals surface area contributed by atoms with Crippen LogP contribution in [0, 0.1) is 0 Å². The molecule has 0 fully saturated rings. The van der Waals surface area contributed by atoms with E-state index in [4.69, 9.17) is 4.74 Å². The van der Waals surface area contributed by atoms with E-state index in [9.17, 15) is 0 Å². The first-order valence-corrected chi connectivity index (χ1v) is 4.49. The zero-order valence-electron chi connectivity index (χ0n) is 6.04. The van der Waals surface area contributed by atoms with Gasteiger partial charge in [-0.05, 0) is 22.0 Å². The molecule has 60 valence electrons. The van der Waals surface area contributed by atoms with Gasteiger partial charge in [-0.2, -0.15) is 12.6 Å². The minimum atomic E-state index is 0.635. The maximum absolute atomic E-state index is 5.01. The van der Waals surface area contributed by atoms with Crippen LogP contribution in [0.1, 0.15) is 5.56 Å². The van der Waals surface area contributed by atoms with Crippen LogP contribution in [0.25, 0.3) is 0 Å². The quantitative estimate of drug-likeness (QED) is 0.793. The summed E-state index contributed by atoms with van der Waals surface area (Å²) in [5.41, 5.74) is 0.991. The van der Waals surface area contributed by atoms with Crippen LogP contribution >= 0.6 is 28.6 Å². The first-order chi connectivity index (χ1) is 5.27. The molecular weight excluding hydrogens is 226 g/mol. The Bertz CT molecular complexity index is 254. The number of aromatic nitrogens is 1. The highest BCUT2D eigenvalue weighted by Gasteiger charge is 2.01. The molecule has 0 atom stereocenters. The fourth-order valence-electron chi connectivity index (χ4n) is 0.766. The molecule has 1 heterocycles. The van der Waals surface area contributed by atoms with Gasteiger partial charge in [0.05, 0.1) is 7.11 Å². The summed E-state index contributed by atoms with van der Waals surface area (Å²) in [6, 6.07) is 1.94. The highest BCUT2D eigenvalue weighted by Crippen LogP contribution is 2.20. The minimum Gasteiger partial charge on any atom is -0.481 e. The summed E-state index contributed by atoms with van der Waals surface area (Å²) >= 11 is 7.45. The average molecular weight is 234 g/mol. The van der Waals surface area contributed by atoms with Crippen LogP contribution in [0.3, 0.4) is 0 Å². The maximum atomic E-state index is 5.01. The number of rotatable bonds is 2. The topological polar surface area (TPSA) is 22.1 Å². The van der Waals surface area contributed by atoms with Crippen LogP contribution in [0.15, 0.2) is 16.7 Å². The van der Waals surface area contributed by atoms with Crippen molar-refractivity contribution in [1.82, 2.24) is 4.98 Å². The van der Waals surface area contributed by atoms with Crippen LogP contribution < -0.4 is 4.74 Å². The summed E-state index contributed by atoms with van der Waals surface area (Å²) in [6.45, 7) is 0. The Balaban J connectivity index is 3.06. The second kappa shape index (κ2) is 3.97. The van der Waals surface area contributed by atoms with Gasteiger partial charge in [-0.3, -0.25) is 0 Å². The van der Waals surface area contributed by atoms with Crippen LogP contribution in [-0.2, 0) is 5.75 Å². The van der Waals surface area contributed by atoms with Crippen molar-refractivity contribution in [2.24, 2.45) is 0 Å². The highest BCUT2D eigenvalue weighted by molar-refractivity contribution is 9.10. The lowest BCUT2D eigenvalue weighted by molar-refractivity contribution is 0.394. The maximum Gasteiger partial charge on any atom is 0.217 e. The van der Waals surface area contributed by atoms with Gasteiger partial charge in [0.2, 0.25) is 5.88 Å². The molecule has 0 unspecified atom stereocenters. The summed E-state index contributed by atoms with van der Waals surface area (Å²) in [4.78, 5) is 4.05. The third-order valence-electron chi connectivity index (χ3n) is 1.26. The second-order valence-electron chi connectivity index (χ2n) is 1.98. The summed E-state index contributed by atoms with van der Waals surface area (Å²) in [7, 11) is 1.60. The SMILES string of the molecule is COc1ncc(Br)cc1CS. The molecule has 0 aliphatic rings. The van der Waals surface area contributed by atoms with Crippen molar-refractivity contribution in [2.45, 2.75) is 5.75 Å². The summed E-state index contributed by atoms with van der Waals surface area (Å²) in [5.74, 6) is 1.28. The molecule has 11 heavy (non-hydrogen) atoms. The Morgan fingerprint density at radius 3 is 3.00 bits per heavy atom. The molecule has 0 amide bonds. The molecule has 2 nitrogen and oxygen atoms in total. The van der Waals surface area contributed by atoms with E-state index in [1.54, 1.807) is 13.3 Å². The van der Waals surface area contributed by atoms with E-state index in [1.165, 1.54) is 0 Å². The lowest BCUT2D eigenvalue weighted by Crippen LogP contribution is -1.92. The van der Waals surface area contributed by atoms with Crippen molar-refractivity contribution in [3.8, 4) is 5.88 Å². The first-order valence-electron chi connectivity index (χ1n) is 3.07. The molecule has 0 aromatic carbocycles. The Kier molecular flexibility index (Phi) is 3.20. The fourth-order valence-corrected chi connectivity index (χ4v) is 1.37. The Morgan fingerprint density at radius 1 is 1.73 bits per heavy atom. The third-order valence-corrected chi connectivity index (χ3v) is 2.03. The molecule has 1 aromatic rings. The van der Waals surface area contributed by atoms with E-state index in [-0.39, 0.29) is 0 Å². The fraction of sp³-hybridized carbons (Fsp3) is 0.286. The number of methoxy groups -OCH3 is 1. The minimum absolute atomic E-state index is 0.635. The molecule has 0 radical (unpaired) electrons. The number of pyridine rings is 1. The van der Waals surface area contributed by atoms with Gasteiger partial charge < -0.3 is 4.74 Å². The number of hydrogen-bond donors (Lipinski definition) is 1. The van der Waals surface area contributed by atoms with Crippen molar-refractivity contribution in [2.75, 3.05) is 7.11 Å². The number of ether oxygens (including phenoxy) is 1. The van der Waals surface area contributed by atoms with Crippen molar-refractivity contribution in [3.05, 3.63) is 22.3 Å². The normalized spacial score (nSPS) is 9.73. The lowest BCUT2D eigenvalue weighted by atomic mass is 10.3. The van der Waals surface area contributed by atoms with Crippen LogP contribution in [0.2, 0.25) is 0 Å². The van der Waals surface area contributed by atoms with Crippen molar-refractivity contribution in [1.29, 1.82) is 0 Å². The molecule has 0 spiro atoms. The number of thiol groups is 1. The molecule has 0 saturated heterocycles. The Hall–Kier alpha value is -0.220. The van der Waals surface area contributed by atoms with Gasteiger partial charge in [0.25, 0.3) is 0 Å². The molecule has 0 aliphatic heterocycles. The highest BCUT2D eigenvalue weighted by atomic mass is 79.9. The van der Waals surface area contributed by atoms with Crippen molar-refractivity contribution < 1.29 is 4.74 Å². The van der Waals surface area contributed by atoms with Crippen LogP contribution in [-0.4, -0.2) is 12.1 Å². The third kappa shape index (κ3) is 2.10. The summed E-state index contributed by atoms with van der Waals surface area (Å²) < 4.78 is 5.96. The van der Waals surface area contributed by atoms with E-state index in [1.807, 2.05) is 6.07 Å². The van der Waals surface area contributed by atoms with E-state index in [2.05, 4.69) is 33.5 Å².